The van der Waals surface area contributed by atoms with Gasteiger partial charge in [0.25, 0.3) is 0 Å². The lowest BCUT2D eigenvalue weighted by Crippen LogP contribution is -2.52. The summed E-state index contributed by atoms with van der Waals surface area (Å²) in [6.45, 7) is 9.55. The summed E-state index contributed by atoms with van der Waals surface area (Å²) in [6, 6.07) is 2.42. The predicted octanol–water partition coefficient (Wildman–Crippen LogP) is 3.03. The van der Waals surface area contributed by atoms with E-state index >= 15 is 0 Å². The quantitative estimate of drug-likeness (QED) is 0.810. The van der Waals surface area contributed by atoms with Crippen molar-refractivity contribution in [2.45, 2.75) is 77.4 Å². The van der Waals surface area contributed by atoms with Crippen LogP contribution in [0.5, 0.6) is 0 Å². The van der Waals surface area contributed by atoms with Crippen molar-refractivity contribution in [3.8, 4) is 0 Å². The van der Waals surface area contributed by atoms with Crippen LogP contribution in [0.2, 0.25) is 0 Å². The SMILES string of the molecule is CC(C)CN(C1CCCC1)C1CCC(C)NC1. The zero-order valence-corrected chi connectivity index (χ0v) is 11.9. The third-order valence-electron chi connectivity index (χ3n) is 4.47. The summed E-state index contributed by atoms with van der Waals surface area (Å²) >= 11 is 0. The normalized spacial score (nSPS) is 31.6. The molecule has 1 saturated heterocycles. The lowest BCUT2D eigenvalue weighted by Gasteiger charge is -2.41. The van der Waals surface area contributed by atoms with Crippen LogP contribution in [0.3, 0.4) is 0 Å². The summed E-state index contributed by atoms with van der Waals surface area (Å²) in [6.07, 6.45) is 8.55. The van der Waals surface area contributed by atoms with Gasteiger partial charge in [0.15, 0.2) is 0 Å². The predicted molar refractivity (Wildman–Crippen MR) is 74.3 cm³/mol. The van der Waals surface area contributed by atoms with Crippen LogP contribution in [0.15, 0.2) is 0 Å². The minimum Gasteiger partial charge on any atom is -0.313 e. The Bertz CT molecular complexity index is 213. The van der Waals surface area contributed by atoms with Crippen molar-refractivity contribution in [2.24, 2.45) is 5.92 Å². The maximum absolute atomic E-state index is 3.67. The molecule has 1 heterocycles. The summed E-state index contributed by atoms with van der Waals surface area (Å²) in [7, 11) is 0. The second-order valence-electron chi connectivity index (χ2n) is 6.57. The van der Waals surface area contributed by atoms with Gasteiger partial charge >= 0.3 is 0 Å². The fourth-order valence-electron chi connectivity index (χ4n) is 3.52. The summed E-state index contributed by atoms with van der Waals surface area (Å²) in [5.74, 6) is 0.801. The van der Waals surface area contributed by atoms with Gasteiger partial charge in [0.2, 0.25) is 0 Å². The van der Waals surface area contributed by atoms with Crippen LogP contribution in [0.25, 0.3) is 0 Å². The number of rotatable bonds is 4. The highest BCUT2D eigenvalue weighted by Gasteiger charge is 2.30. The highest BCUT2D eigenvalue weighted by atomic mass is 15.2. The van der Waals surface area contributed by atoms with Crippen LogP contribution in [0.4, 0.5) is 0 Å². The Hall–Kier alpha value is -0.0800. The molecule has 17 heavy (non-hydrogen) atoms. The van der Waals surface area contributed by atoms with Gasteiger partial charge in [0.1, 0.15) is 0 Å². The first-order valence-corrected chi connectivity index (χ1v) is 7.66. The molecule has 0 aromatic carbocycles. The molecule has 2 atom stereocenters. The lowest BCUT2D eigenvalue weighted by atomic mass is 9.97. The molecular weight excluding hydrogens is 208 g/mol. The topological polar surface area (TPSA) is 15.3 Å². The van der Waals surface area contributed by atoms with Gasteiger partial charge in [-0.05, 0) is 38.5 Å². The second kappa shape index (κ2) is 6.19. The van der Waals surface area contributed by atoms with Crippen LogP contribution in [0.1, 0.15) is 59.3 Å². The van der Waals surface area contributed by atoms with Crippen LogP contribution in [0, 0.1) is 5.92 Å². The summed E-state index contributed by atoms with van der Waals surface area (Å²) in [4.78, 5) is 2.84. The number of hydrogen-bond acceptors (Lipinski definition) is 2. The maximum Gasteiger partial charge on any atom is 0.0224 e. The molecule has 100 valence electrons. The molecule has 0 bridgehead atoms. The molecule has 0 radical (unpaired) electrons. The average Bonchev–Trinajstić information content (AvgIpc) is 2.80. The highest BCUT2D eigenvalue weighted by Crippen LogP contribution is 2.28. The van der Waals surface area contributed by atoms with Crippen molar-refractivity contribution in [1.29, 1.82) is 0 Å². The molecule has 0 aromatic heterocycles. The monoisotopic (exact) mass is 238 g/mol. The number of piperidine rings is 1. The molecule has 0 amide bonds. The van der Waals surface area contributed by atoms with Gasteiger partial charge < -0.3 is 5.32 Å². The van der Waals surface area contributed by atoms with Gasteiger partial charge in [-0.3, -0.25) is 4.90 Å². The van der Waals surface area contributed by atoms with Crippen molar-refractivity contribution >= 4 is 0 Å². The largest absolute Gasteiger partial charge is 0.313 e. The van der Waals surface area contributed by atoms with Crippen LogP contribution >= 0.6 is 0 Å². The van der Waals surface area contributed by atoms with Crippen LogP contribution in [-0.4, -0.2) is 36.1 Å². The van der Waals surface area contributed by atoms with Gasteiger partial charge in [-0.15, -0.1) is 0 Å². The summed E-state index contributed by atoms with van der Waals surface area (Å²) in [5.41, 5.74) is 0. The molecule has 2 fully saturated rings. The molecule has 2 heteroatoms. The van der Waals surface area contributed by atoms with Crippen molar-refractivity contribution in [2.75, 3.05) is 13.1 Å². The zero-order chi connectivity index (χ0) is 12.3. The molecule has 2 rings (SSSR count). The minimum absolute atomic E-state index is 0.732. The first kappa shape index (κ1) is 13.4. The van der Waals surface area contributed by atoms with E-state index in [2.05, 4.69) is 31.0 Å². The Balaban J connectivity index is 1.93. The van der Waals surface area contributed by atoms with Crippen molar-refractivity contribution in [3.05, 3.63) is 0 Å². The molecule has 1 saturated carbocycles. The number of nitrogens with zero attached hydrogens (tertiary/aromatic N) is 1. The van der Waals surface area contributed by atoms with Gasteiger partial charge in [-0.25, -0.2) is 0 Å². The fourth-order valence-corrected chi connectivity index (χ4v) is 3.52. The van der Waals surface area contributed by atoms with E-state index in [1.807, 2.05) is 0 Å². The Labute approximate surface area is 107 Å². The summed E-state index contributed by atoms with van der Waals surface area (Å²) in [5, 5.41) is 3.67. The third-order valence-corrected chi connectivity index (χ3v) is 4.47. The molecule has 0 aromatic rings. The van der Waals surface area contributed by atoms with Gasteiger partial charge in [-0.2, -0.15) is 0 Å². The standard InChI is InChI=1S/C15H30N2/c1-12(2)11-17(14-6-4-5-7-14)15-9-8-13(3)16-10-15/h12-16H,4-11H2,1-3H3. The molecule has 1 N–H and O–H groups in total. The molecule has 1 aliphatic carbocycles. The van der Waals surface area contributed by atoms with E-state index in [1.54, 1.807) is 0 Å². The van der Waals surface area contributed by atoms with E-state index in [0.29, 0.717) is 0 Å². The fraction of sp³-hybridized carbons (Fsp3) is 1.00. The zero-order valence-electron chi connectivity index (χ0n) is 11.9. The Morgan fingerprint density at radius 2 is 1.76 bits per heavy atom. The van der Waals surface area contributed by atoms with Crippen LogP contribution in [-0.2, 0) is 0 Å². The van der Waals surface area contributed by atoms with E-state index in [4.69, 9.17) is 0 Å². The lowest BCUT2D eigenvalue weighted by molar-refractivity contribution is 0.0926. The van der Waals surface area contributed by atoms with Gasteiger partial charge in [-0.1, -0.05) is 26.7 Å². The molecule has 0 spiro atoms. The van der Waals surface area contributed by atoms with E-state index in [0.717, 1.165) is 24.0 Å². The first-order valence-electron chi connectivity index (χ1n) is 7.66. The Morgan fingerprint density at radius 3 is 2.29 bits per heavy atom. The highest BCUT2D eigenvalue weighted by molar-refractivity contribution is 4.88. The van der Waals surface area contributed by atoms with Gasteiger partial charge in [0, 0.05) is 31.2 Å². The molecular formula is C15H30N2. The van der Waals surface area contributed by atoms with Crippen LogP contribution < -0.4 is 5.32 Å². The van der Waals surface area contributed by atoms with Crippen molar-refractivity contribution in [3.63, 3.8) is 0 Å². The Kier molecular flexibility index (Phi) is 4.87. The minimum atomic E-state index is 0.732. The molecule has 2 nitrogen and oxygen atoms in total. The summed E-state index contributed by atoms with van der Waals surface area (Å²) < 4.78 is 0. The van der Waals surface area contributed by atoms with Gasteiger partial charge in [0.05, 0.1) is 0 Å². The van der Waals surface area contributed by atoms with E-state index in [1.165, 1.54) is 51.6 Å². The van der Waals surface area contributed by atoms with E-state index < -0.39 is 0 Å². The van der Waals surface area contributed by atoms with Crippen molar-refractivity contribution < 1.29 is 0 Å². The third kappa shape index (κ3) is 3.69. The first-order chi connectivity index (χ1) is 8.16. The Morgan fingerprint density at radius 1 is 1.06 bits per heavy atom. The van der Waals surface area contributed by atoms with E-state index in [9.17, 15) is 0 Å². The molecule has 2 unspecified atom stereocenters. The number of nitrogens with one attached hydrogen (secondary N) is 1. The number of hydrogen-bond donors (Lipinski definition) is 1. The van der Waals surface area contributed by atoms with E-state index in [-0.39, 0.29) is 0 Å². The molecule has 2 aliphatic rings. The maximum atomic E-state index is 3.67. The smallest absolute Gasteiger partial charge is 0.0224 e. The molecule has 1 aliphatic heterocycles. The average molecular weight is 238 g/mol. The van der Waals surface area contributed by atoms with Crippen molar-refractivity contribution in [1.82, 2.24) is 10.2 Å². The second-order valence-corrected chi connectivity index (χ2v) is 6.57.